The van der Waals surface area contributed by atoms with Gasteiger partial charge in [-0.1, -0.05) is 6.92 Å². The van der Waals surface area contributed by atoms with Gasteiger partial charge in [-0.2, -0.15) is 0 Å². The lowest BCUT2D eigenvalue weighted by Crippen LogP contribution is -2.04. The van der Waals surface area contributed by atoms with E-state index in [0.717, 1.165) is 12.0 Å². The Morgan fingerprint density at radius 1 is 1.32 bits per heavy atom. The monoisotopic (exact) mass is 299 g/mol. The molecular formula is C12H14ClN3O2S. The maximum atomic E-state index is 11.3. The number of aryl methyl sites for hydroxylation is 3. The predicted octanol–water partition coefficient (Wildman–Crippen LogP) is 2.01. The molecule has 0 spiro atoms. The quantitative estimate of drug-likeness (QED) is 0.792. The second-order valence-electron chi connectivity index (χ2n) is 4.09. The first-order valence-corrected chi connectivity index (χ1v) is 8.21. The Morgan fingerprint density at radius 2 is 2.00 bits per heavy atom. The summed E-state index contributed by atoms with van der Waals surface area (Å²) in [5.41, 5.74) is 1.14. The van der Waals surface area contributed by atoms with E-state index >= 15 is 0 Å². The molecule has 0 aliphatic rings. The van der Waals surface area contributed by atoms with Gasteiger partial charge in [0, 0.05) is 42.2 Å². The number of hydrogen-bond donors (Lipinski definition) is 0. The van der Waals surface area contributed by atoms with Crippen LogP contribution in [0, 0.1) is 0 Å². The van der Waals surface area contributed by atoms with Gasteiger partial charge in [0.25, 0.3) is 9.05 Å². The van der Waals surface area contributed by atoms with E-state index in [-0.39, 0.29) is 5.03 Å². The van der Waals surface area contributed by atoms with E-state index in [2.05, 4.69) is 9.97 Å². The largest absolute Gasteiger partial charge is 0.333 e. The van der Waals surface area contributed by atoms with Gasteiger partial charge in [-0.15, -0.1) is 0 Å². The Kier molecular flexibility index (Phi) is 4.21. The fourth-order valence-electron chi connectivity index (χ4n) is 1.82. The van der Waals surface area contributed by atoms with Crippen molar-refractivity contribution in [1.29, 1.82) is 0 Å². The molecule has 0 aliphatic carbocycles. The van der Waals surface area contributed by atoms with Gasteiger partial charge < -0.3 is 4.57 Å². The first-order valence-electron chi connectivity index (χ1n) is 5.90. The Morgan fingerprint density at radius 3 is 2.58 bits per heavy atom. The molecule has 0 aliphatic heterocycles. The van der Waals surface area contributed by atoms with Crippen molar-refractivity contribution < 1.29 is 8.42 Å². The SMILES string of the molecule is CCc1nc(S(=O)(=O)Cl)cn1CCc1ccncc1. The molecule has 0 radical (unpaired) electrons. The summed E-state index contributed by atoms with van der Waals surface area (Å²) in [6, 6.07) is 3.86. The van der Waals surface area contributed by atoms with Gasteiger partial charge in [-0.3, -0.25) is 4.98 Å². The molecule has 0 amide bonds. The summed E-state index contributed by atoms with van der Waals surface area (Å²) in [7, 11) is 1.54. The van der Waals surface area contributed by atoms with Crippen molar-refractivity contribution in [3.8, 4) is 0 Å². The fourth-order valence-corrected chi connectivity index (χ4v) is 2.51. The number of imidazole rings is 1. The number of rotatable bonds is 5. The second-order valence-corrected chi connectivity index (χ2v) is 6.60. The zero-order valence-corrected chi connectivity index (χ0v) is 12.0. The molecular weight excluding hydrogens is 286 g/mol. The number of nitrogens with zero attached hydrogens (tertiary/aromatic N) is 3. The first-order chi connectivity index (χ1) is 9.00. The van der Waals surface area contributed by atoms with Crippen LogP contribution in [-0.2, 0) is 28.4 Å². The van der Waals surface area contributed by atoms with Crippen molar-refractivity contribution in [3.05, 3.63) is 42.1 Å². The highest BCUT2D eigenvalue weighted by molar-refractivity contribution is 8.13. The van der Waals surface area contributed by atoms with Gasteiger partial charge in [0.15, 0.2) is 5.03 Å². The fraction of sp³-hybridized carbons (Fsp3) is 0.333. The summed E-state index contributed by atoms with van der Waals surface area (Å²) in [5.74, 6) is 0.716. The lowest BCUT2D eigenvalue weighted by atomic mass is 10.2. The lowest BCUT2D eigenvalue weighted by molar-refractivity contribution is 0.606. The average Bonchev–Trinajstić information content (AvgIpc) is 2.81. The summed E-state index contributed by atoms with van der Waals surface area (Å²) in [4.78, 5) is 8.00. The molecule has 102 valence electrons. The van der Waals surface area contributed by atoms with E-state index in [1.165, 1.54) is 6.20 Å². The minimum atomic E-state index is -3.77. The van der Waals surface area contributed by atoms with E-state index < -0.39 is 9.05 Å². The van der Waals surface area contributed by atoms with E-state index in [0.29, 0.717) is 18.8 Å². The molecule has 19 heavy (non-hydrogen) atoms. The van der Waals surface area contributed by atoms with Crippen LogP contribution in [0.3, 0.4) is 0 Å². The normalized spacial score (nSPS) is 11.7. The maximum absolute atomic E-state index is 11.3. The summed E-state index contributed by atoms with van der Waals surface area (Å²) in [6.07, 6.45) is 6.40. The third kappa shape index (κ3) is 3.54. The van der Waals surface area contributed by atoms with Crippen molar-refractivity contribution in [3.63, 3.8) is 0 Å². The highest BCUT2D eigenvalue weighted by Crippen LogP contribution is 2.15. The van der Waals surface area contributed by atoms with Crippen LogP contribution in [0.4, 0.5) is 0 Å². The van der Waals surface area contributed by atoms with Crippen molar-refractivity contribution in [1.82, 2.24) is 14.5 Å². The minimum Gasteiger partial charge on any atom is -0.333 e. The van der Waals surface area contributed by atoms with Crippen LogP contribution >= 0.6 is 10.7 Å². The molecule has 0 fully saturated rings. The molecule has 0 unspecified atom stereocenters. The van der Waals surface area contributed by atoms with Crippen molar-refractivity contribution in [2.24, 2.45) is 0 Å². The van der Waals surface area contributed by atoms with Crippen LogP contribution in [0.2, 0.25) is 0 Å². The van der Waals surface area contributed by atoms with E-state index in [9.17, 15) is 8.42 Å². The summed E-state index contributed by atoms with van der Waals surface area (Å²) in [5, 5.41) is -0.0826. The van der Waals surface area contributed by atoms with Gasteiger partial charge in [0.1, 0.15) is 5.82 Å². The highest BCUT2D eigenvalue weighted by Gasteiger charge is 2.16. The summed E-state index contributed by atoms with van der Waals surface area (Å²) < 4.78 is 24.4. The third-order valence-corrected chi connectivity index (χ3v) is 3.96. The van der Waals surface area contributed by atoms with Crippen molar-refractivity contribution in [2.75, 3.05) is 0 Å². The third-order valence-electron chi connectivity index (χ3n) is 2.79. The molecule has 5 nitrogen and oxygen atoms in total. The minimum absolute atomic E-state index is 0.0826. The molecule has 7 heteroatoms. The maximum Gasteiger partial charge on any atom is 0.280 e. The van der Waals surface area contributed by atoms with Crippen LogP contribution in [0.5, 0.6) is 0 Å². The standard InChI is InChI=1S/C12H14ClN3O2S/c1-2-11-15-12(19(13,17)18)9-16(11)8-5-10-3-6-14-7-4-10/h3-4,6-7,9H,2,5,8H2,1H3. The van der Waals surface area contributed by atoms with Crippen molar-refractivity contribution >= 4 is 19.7 Å². The molecule has 0 saturated carbocycles. The molecule has 0 aromatic carbocycles. The number of aromatic nitrogens is 3. The summed E-state index contributed by atoms with van der Waals surface area (Å²) in [6.45, 7) is 2.59. The zero-order chi connectivity index (χ0) is 13.9. The van der Waals surface area contributed by atoms with Gasteiger partial charge in [-0.05, 0) is 24.1 Å². The molecule has 0 saturated heterocycles. The van der Waals surface area contributed by atoms with E-state index in [1.807, 2.05) is 23.6 Å². The zero-order valence-electron chi connectivity index (χ0n) is 10.5. The van der Waals surface area contributed by atoms with Gasteiger partial charge in [0.05, 0.1) is 0 Å². The smallest absolute Gasteiger partial charge is 0.280 e. The number of halogens is 1. The second kappa shape index (κ2) is 5.71. The van der Waals surface area contributed by atoms with Crippen LogP contribution in [0.25, 0.3) is 0 Å². The van der Waals surface area contributed by atoms with Gasteiger partial charge in [0.2, 0.25) is 0 Å². The topological polar surface area (TPSA) is 64.8 Å². The molecule has 2 rings (SSSR count). The van der Waals surface area contributed by atoms with Crippen LogP contribution in [0.15, 0.2) is 35.7 Å². The van der Waals surface area contributed by atoms with Gasteiger partial charge >= 0.3 is 0 Å². The van der Waals surface area contributed by atoms with Gasteiger partial charge in [-0.25, -0.2) is 13.4 Å². The van der Waals surface area contributed by atoms with Crippen LogP contribution in [0.1, 0.15) is 18.3 Å². The molecule has 2 aromatic heterocycles. The van der Waals surface area contributed by atoms with E-state index in [4.69, 9.17) is 10.7 Å². The Hall–Kier alpha value is -1.40. The molecule has 2 heterocycles. The summed E-state index contributed by atoms with van der Waals surface area (Å²) >= 11 is 0. The number of hydrogen-bond acceptors (Lipinski definition) is 4. The Labute approximate surface area is 116 Å². The highest BCUT2D eigenvalue weighted by atomic mass is 35.7. The van der Waals surface area contributed by atoms with E-state index in [1.54, 1.807) is 12.4 Å². The Balaban J connectivity index is 2.18. The van der Waals surface area contributed by atoms with Crippen LogP contribution < -0.4 is 0 Å². The number of pyridine rings is 1. The molecule has 0 N–H and O–H groups in total. The predicted molar refractivity (Wildman–Crippen MR) is 72.6 cm³/mol. The first kappa shape index (κ1) is 14.0. The van der Waals surface area contributed by atoms with Crippen molar-refractivity contribution in [2.45, 2.75) is 31.3 Å². The molecule has 2 aromatic rings. The molecule has 0 atom stereocenters. The lowest BCUT2D eigenvalue weighted by Gasteiger charge is -2.05. The average molecular weight is 300 g/mol. The Bertz CT molecular complexity index is 653. The van der Waals surface area contributed by atoms with Crippen LogP contribution in [-0.4, -0.2) is 23.0 Å². The molecule has 0 bridgehead atoms.